The van der Waals surface area contributed by atoms with E-state index < -0.39 is 10.0 Å². The minimum absolute atomic E-state index is 0.0802. The van der Waals surface area contributed by atoms with Crippen molar-refractivity contribution in [1.29, 1.82) is 0 Å². The molecule has 2 aromatic rings. The highest BCUT2D eigenvalue weighted by Gasteiger charge is 2.16. The molecule has 0 atom stereocenters. The maximum Gasteiger partial charge on any atom is 0.263 e. The molecule has 2 rings (SSSR count). The summed E-state index contributed by atoms with van der Waals surface area (Å²) in [6, 6.07) is 9.48. The van der Waals surface area contributed by atoms with E-state index in [2.05, 4.69) is 25.6 Å². The lowest BCUT2D eigenvalue weighted by molar-refractivity contribution is 0.281. The Morgan fingerprint density at radius 3 is 2.74 bits per heavy atom. The second-order valence-electron chi connectivity index (χ2n) is 3.74. The molecule has 1 aromatic carbocycles. The van der Waals surface area contributed by atoms with E-state index in [1.807, 2.05) is 0 Å². The quantitative estimate of drug-likeness (QED) is 0.891. The zero-order chi connectivity index (χ0) is 13.9. The Balaban J connectivity index is 2.35. The standard InChI is InChI=1S/C12H11BrN2O3S/c13-11-5-2-6-14-12(11)15-19(17,18)10-4-1-3-9(7-10)8-16/h1-7,16H,8H2,(H,14,15). The second kappa shape index (κ2) is 5.68. The van der Waals surface area contributed by atoms with E-state index in [0.29, 0.717) is 10.0 Å². The van der Waals surface area contributed by atoms with Gasteiger partial charge in [0, 0.05) is 6.20 Å². The number of nitrogens with zero attached hydrogens (tertiary/aromatic N) is 1. The van der Waals surface area contributed by atoms with Gasteiger partial charge >= 0.3 is 0 Å². The van der Waals surface area contributed by atoms with Gasteiger partial charge in [0.15, 0.2) is 5.82 Å². The fourth-order valence-corrected chi connectivity index (χ4v) is 3.04. The Morgan fingerprint density at radius 2 is 2.05 bits per heavy atom. The van der Waals surface area contributed by atoms with E-state index in [1.165, 1.54) is 18.3 Å². The van der Waals surface area contributed by atoms with Gasteiger partial charge in [-0.1, -0.05) is 12.1 Å². The molecule has 0 aliphatic carbocycles. The molecule has 100 valence electrons. The molecule has 0 radical (unpaired) electrons. The molecule has 1 aromatic heterocycles. The van der Waals surface area contributed by atoms with Crippen LogP contribution in [-0.2, 0) is 16.6 Å². The van der Waals surface area contributed by atoms with E-state index in [9.17, 15) is 8.42 Å². The lowest BCUT2D eigenvalue weighted by Gasteiger charge is -2.09. The molecule has 0 spiro atoms. The van der Waals surface area contributed by atoms with Crippen molar-refractivity contribution in [2.24, 2.45) is 0 Å². The van der Waals surface area contributed by atoms with Crippen LogP contribution in [0.5, 0.6) is 0 Å². The van der Waals surface area contributed by atoms with Gasteiger partial charge in [-0.3, -0.25) is 4.72 Å². The van der Waals surface area contributed by atoms with Crippen LogP contribution >= 0.6 is 15.9 Å². The van der Waals surface area contributed by atoms with Crippen LogP contribution in [0.3, 0.4) is 0 Å². The number of hydrogen-bond acceptors (Lipinski definition) is 4. The molecular formula is C12H11BrN2O3S. The first-order valence-corrected chi connectivity index (χ1v) is 7.64. The predicted octanol–water partition coefficient (Wildman–Crippen LogP) is 2.14. The first kappa shape index (κ1) is 14.0. The summed E-state index contributed by atoms with van der Waals surface area (Å²) in [4.78, 5) is 4.03. The van der Waals surface area contributed by atoms with Gasteiger partial charge in [0.1, 0.15) is 0 Å². The number of pyridine rings is 1. The molecule has 0 unspecified atom stereocenters. The van der Waals surface area contributed by atoms with Crippen molar-refractivity contribution >= 4 is 31.8 Å². The molecule has 7 heteroatoms. The second-order valence-corrected chi connectivity index (χ2v) is 6.28. The van der Waals surface area contributed by atoms with Crippen LogP contribution in [0.2, 0.25) is 0 Å². The zero-order valence-corrected chi connectivity index (χ0v) is 12.1. The molecule has 0 saturated carbocycles. The summed E-state index contributed by atoms with van der Waals surface area (Å²) < 4.78 is 27.3. The predicted molar refractivity (Wildman–Crippen MR) is 75.1 cm³/mol. The van der Waals surface area contributed by atoms with Gasteiger partial charge in [0.2, 0.25) is 0 Å². The van der Waals surface area contributed by atoms with Crippen LogP contribution < -0.4 is 4.72 Å². The van der Waals surface area contributed by atoms with Crippen molar-refractivity contribution in [2.45, 2.75) is 11.5 Å². The van der Waals surface area contributed by atoms with Crippen molar-refractivity contribution in [3.63, 3.8) is 0 Å². The van der Waals surface area contributed by atoms with Crippen molar-refractivity contribution in [2.75, 3.05) is 4.72 Å². The van der Waals surface area contributed by atoms with Gasteiger partial charge in [-0.25, -0.2) is 13.4 Å². The monoisotopic (exact) mass is 342 g/mol. The summed E-state index contributed by atoms with van der Waals surface area (Å²) in [5, 5.41) is 9.03. The number of aliphatic hydroxyl groups excluding tert-OH is 1. The van der Waals surface area contributed by atoms with Crippen LogP contribution in [0.1, 0.15) is 5.56 Å². The van der Waals surface area contributed by atoms with E-state index in [-0.39, 0.29) is 17.3 Å². The summed E-state index contributed by atoms with van der Waals surface area (Å²) in [5.41, 5.74) is 0.531. The highest BCUT2D eigenvalue weighted by Crippen LogP contribution is 2.22. The van der Waals surface area contributed by atoms with Crippen molar-refractivity contribution in [1.82, 2.24) is 4.98 Å². The summed E-state index contributed by atoms with van der Waals surface area (Å²) in [6.45, 7) is -0.212. The number of rotatable bonds is 4. The topological polar surface area (TPSA) is 79.3 Å². The maximum atomic E-state index is 12.2. The van der Waals surface area contributed by atoms with Crippen LogP contribution in [0.15, 0.2) is 52.0 Å². The van der Waals surface area contributed by atoms with Gasteiger partial charge in [-0.2, -0.15) is 0 Å². The molecular weight excluding hydrogens is 332 g/mol. The fraction of sp³-hybridized carbons (Fsp3) is 0.0833. The number of anilines is 1. The highest BCUT2D eigenvalue weighted by molar-refractivity contribution is 9.10. The Hall–Kier alpha value is -1.44. The number of benzene rings is 1. The molecule has 0 fully saturated rings. The molecule has 2 N–H and O–H groups in total. The van der Waals surface area contributed by atoms with Gasteiger partial charge in [-0.05, 0) is 45.8 Å². The van der Waals surface area contributed by atoms with Crippen molar-refractivity contribution in [3.8, 4) is 0 Å². The molecule has 19 heavy (non-hydrogen) atoms. The summed E-state index contributed by atoms with van der Waals surface area (Å²) in [7, 11) is -3.72. The first-order valence-electron chi connectivity index (χ1n) is 5.36. The molecule has 0 amide bonds. The van der Waals surface area contributed by atoms with E-state index in [0.717, 1.165) is 0 Å². The molecule has 0 bridgehead atoms. The number of nitrogens with one attached hydrogen (secondary N) is 1. The fourth-order valence-electron chi connectivity index (χ4n) is 1.46. The Morgan fingerprint density at radius 1 is 1.26 bits per heavy atom. The van der Waals surface area contributed by atoms with Crippen LogP contribution in [0, 0.1) is 0 Å². The minimum atomic E-state index is -3.72. The number of hydrogen-bond donors (Lipinski definition) is 2. The molecule has 5 nitrogen and oxygen atoms in total. The first-order chi connectivity index (χ1) is 9.03. The Kier molecular flexibility index (Phi) is 4.18. The highest BCUT2D eigenvalue weighted by atomic mass is 79.9. The molecule has 1 heterocycles. The summed E-state index contributed by atoms with van der Waals surface area (Å²) in [5.74, 6) is 0.219. The zero-order valence-electron chi connectivity index (χ0n) is 9.75. The lowest BCUT2D eigenvalue weighted by Crippen LogP contribution is -2.14. The maximum absolute atomic E-state index is 12.2. The average Bonchev–Trinajstić information content (AvgIpc) is 2.41. The van der Waals surface area contributed by atoms with Gasteiger partial charge < -0.3 is 5.11 Å². The average molecular weight is 343 g/mol. The van der Waals surface area contributed by atoms with Gasteiger partial charge in [0.25, 0.3) is 10.0 Å². The summed E-state index contributed by atoms with van der Waals surface area (Å²) in [6.07, 6.45) is 1.49. The lowest BCUT2D eigenvalue weighted by atomic mass is 10.2. The van der Waals surface area contributed by atoms with E-state index in [1.54, 1.807) is 24.3 Å². The van der Waals surface area contributed by atoms with Crippen LogP contribution in [0.4, 0.5) is 5.82 Å². The Labute approximate surface area is 119 Å². The molecule has 0 saturated heterocycles. The molecule has 0 aliphatic heterocycles. The number of sulfonamides is 1. The Bertz CT molecular complexity index is 689. The smallest absolute Gasteiger partial charge is 0.263 e. The normalized spacial score (nSPS) is 11.3. The largest absolute Gasteiger partial charge is 0.392 e. The number of halogens is 1. The minimum Gasteiger partial charge on any atom is -0.392 e. The van der Waals surface area contributed by atoms with Gasteiger partial charge in [-0.15, -0.1) is 0 Å². The molecule has 0 aliphatic rings. The third kappa shape index (κ3) is 3.31. The summed E-state index contributed by atoms with van der Waals surface area (Å²) >= 11 is 3.22. The number of aliphatic hydroxyl groups is 1. The SMILES string of the molecule is O=S(=O)(Nc1ncccc1Br)c1cccc(CO)c1. The number of aromatic nitrogens is 1. The third-order valence-electron chi connectivity index (χ3n) is 2.38. The van der Waals surface area contributed by atoms with Crippen LogP contribution in [0.25, 0.3) is 0 Å². The van der Waals surface area contributed by atoms with E-state index in [4.69, 9.17) is 5.11 Å². The van der Waals surface area contributed by atoms with Gasteiger partial charge in [0.05, 0.1) is 16.0 Å². The van der Waals surface area contributed by atoms with Crippen molar-refractivity contribution < 1.29 is 13.5 Å². The van der Waals surface area contributed by atoms with Crippen LogP contribution in [-0.4, -0.2) is 18.5 Å². The third-order valence-corrected chi connectivity index (χ3v) is 4.36. The van der Waals surface area contributed by atoms with E-state index >= 15 is 0 Å². The van der Waals surface area contributed by atoms with Crippen molar-refractivity contribution in [3.05, 3.63) is 52.6 Å².